The molecule has 3 aromatic rings. The van der Waals surface area contributed by atoms with E-state index in [0.29, 0.717) is 13.0 Å². The van der Waals surface area contributed by atoms with Gasteiger partial charge in [0, 0.05) is 42.9 Å². The molecule has 0 unspecified atom stereocenters. The Morgan fingerprint density at radius 2 is 1.84 bits per heavy atom. The van der Waals surface area contributed by atoms with E-state index >= 15 is 0 Å². The van der Waals surface area contributed by atoms with Crippen molar-refractivity contribution in [2.45, 2.75) is 32.1 Å². The first-order valence-electron chi connectivity index (χ1n) is 10.7. The Hall–Kier alpha value is -3.47. The highest BCUT2D eigenvalue weighted by atomic mass is 16.2. The van der Waals surface area contributed by atoms with E-state index in [1.807, 2.05) is 71.6 Å². The van der Waals surface area contributed by atoms with E-state index in [1.165, 1.54) is 6.92 Å². The topological polar surface area (TPSA) is 62.3 Å². The van der Waals surface area contributed by atoms with E-state index in [4.69, 9.17) is 4.98 Å². The van der Waals surface area contributed by atoms with Gasteiger partial charge in [-0.25, -0.2) is 0 Å². The Morgan fingerprint density at radius 3 is 2.65 bits per heavy atom. The molecule has 1 aromatic heterocycles. The average Bonchev–Trinajstić information content (AvgIpc) is 2.80. The Labute approximate surface area is 183 Å². The minimum atomic E-state index is -0.0960. The molecule has 2 amide bonds. The highest BCUT2D eigenvalue weighted by Crippen LogP contribution is 2.28. The fraction of sp³-hybridized carbons (Fsp3) is 0.269. The predicted molar refractivity (Wildman–Crippen MR) is 123 cm³/mol. The first-order chi connectivity index (χ1) is 15.1. The van der Waals surface area contributed by atoms with Crippen molar-refractivity contribution in [3.8, 4) is 11.3 Å². The van der Waals surface area contributed by atoms with Crippen molar-refractivity contribution in [1.29, 1.82) is 0 Å². The van der Waals surface area contributed by atoms with Crippen LogP contribution in [0.4, 0.5) is 5.69 Å². The maximum absolute atomic E-state index is 12.8. The summed E-state index contributed by atoms with van der Waals surface area (Å²) in [6, 6.07) is 23.7. The molecular formula is C26H27N3O2. The second kappa shape index (κ2) is 9.56. The van der Waals surface area contributed by atoms with Crippen molar-refractivity contribution >= 4 is 17.5 Å². The van der Waals surface area contributed by atoms with Gasteiger partial charge in [-0.3, -0.25) is 14.6 Å². The van der Waals surface area contributed by atoms with Gasteiger partial charge in [0.2, 0.25) is 11.8 Å². The van der Waals surface area contributed by atoms with Gasteiger partial charge in [0.05, 0.1) is 12.1 Å². The summed E-state index contributed by atoms with van der Waals surface area (Å²) in [6.07, 6.45) is 2.45. The highest BCUT2D eigenvalue weighted by molar-refractivity contribution is 5.89. The molecule has 0 spiro atoms. The lowest BCUT2D eigenvalue weighted by Crippen LogP contribution is -2.40. The monoisotopic (exact) mass is 413 g/mol. The number of benzene rings is 2. The number of nitrogens with zero attached hydrogens (tertiary/aromatic N) is 2. The second-order valence-corrected chi connectivity index (χ2v) is 8.05. The molecule has 1 aliphatic rings. The number of carbonyl (C=O) groups is 2. The number of aromatic nitrogens is 1. The van der Waals surface area contributed by atoms with Crippen molar-refractivity contribution in [3.05, 3.63) is 84.1 Å². The van der Waals surface area contributed by atoms with Gasteiger partial charge in [0.25, 0.3) is 0 Å². The van der Waals surface area contributed by atoms with Gasteiger partial charge in [0.15, 0.2) is 0 Å². The number of nitrogens with one attached hydrogen (secondary N) is 1. The minimum Gasteiger partial charge on any atom is -0.342 e. The third-order valence-electron chi connectivity index (χ3n) is 5.64. The van der Waals surface area contributed by atoms with Crippen LogP contribution in [0.2, 0.25) is 0 Å². The van der Waals surface area contributed by atoms with Gasteiger partial charge in [-0.15, -0.1) is 0 Å². The van der Waals surface area contributed by atoms with Crippen LogP contribution in [-0.4, -0.2) is 34.8 Å². The normalized spacial score (nSPS) is 16.0. The average molecular weight is 414 g/mol. The smallest absolute Gasteiger partial charge is 0.227 e. The Morgan fingerprint density at radius 1 is 1.03 bits per heavy atom. The van der Waals surface area contributed by atoms with Gasteiger partial charge in [-0.2, -0.15) is 0 Å². The molecule has 31 heavy (non-hydrogen) atoms. The molecule has 0 radical (unpaired) electrons. The summed E-state index contributed by atoms with van der Waals surface area (Å²) >= 11 is 0. The number of carbonyl (C=O) groups excluding carboxylic acids is 2. The number of hydrogen-bond donors (Lipinski definition) is 1. The van der Waals surface area contributed by atoms with Gasteiger partial charge in [-0.05, 0) is 42.7 Å². The number of amides is 2. The number of hydrogen-bond acceptors (Lipinski definition) is 3. The van der Waals surface area contributed by atoms with Crippen molar-refractivity contribution in [3.63, 3.8) is 0 Å². The van der Waals surface area contributed by atoms with Crippen LogP contribution in [0.3, 0.4) is 0 Å². The van der Waals surface area contributed by atoms with Crippen LogP contribution >= 0.6 is 0 Å². The lowest BCUT2D eigenvalue weighted by atomic mass is 9.93. The molecule has 1 aliphatic heterocycles. The summed E-state index contributed by atoms with van der Waals surface area (Å²) in [5.41, 5.74) is 4.65. The van der Waals surface area contributed by atoms with Crippen molar-refractivity contribution in [2.24, 2.45) is 0 Å². The minimum absolute atomic E-state index is 0.0960. The summed E-state index contributed by atoms with van der Waals surface area (Å²) in [6.45, 7) is 3.01. The van der Waals surface area contributed by atoms with E-state index in [9.17, 15) is 9.59 Å². The lowest BCUT2D eigenvalue weighted by molar-refractivity contribution is -0.131. The predicted octanol–water partition coefficient (Wildman–Crippen LogP) is 4.66. The molecule has 158 valence electrons. The van der Waals surface area contributed by atoms with E-state index in [-0.39, 0.29) is 17.7 Å². The molecule has 0 aliphatic carbocycles. The van der Waals surface area contributed by atoms with Gasteiger partial charge >= 0.3 is 0 Å². The van der Waals surface area contributed by atoms with Gasteiger partial charge in [0.1, 0.15) is 0 Å². The number of pyridine rings is 1. The van der Waals surface area contributed by atoms with Crippen LogP contribution in [0.15, 0.2) is 72.8 Å². The zero-order valence-corrected chi connectivity index (χ0v) is 17.8. The third kappa shape index (κ3) is 5.37. The molecule has 5 nitrogen and oxygen atoms in total. The van der Waals surface area contributed by atoms with Gasteiger partial charge < -0.3 is 10.2 Å². The molecule has 2 heterocycles. The Bertz CT molecular complexity index is 1070. The number of likely N-dealkylation sites (tertiary alicyclic amines) is 1. The molecule has 1 fully saturated rings. The molecule has 0 bridgehead atoms. The quantitative estimate of drug-likeness (QED) is 0.662. The van der Waals surface area contributed by atoms with Crippen LogP contribution < -0.4 is 5.32 Å². The number of rotatable bonds is 5. The lowest BCUT2D eigenvalue weighted by Gasteiger charge is -2.32. The molecule has 2 aromatic carbocycles. The van der Waals surface area contributed by atoms with Crippen LogP contribution in [0, 0.1) is 0 Å². The first-order valence-corrected chi connectivity index (χ1v) is 10.7. The third-order valence-corrected chi connectivity index (χ3v) is 5.64. The Balaban J connectivity index is 1.48. The van der Waals surface area contributed by atoms with E-state index in [1.54, 1.807) is 0 Å². The maximum atomic E-state index is 12.8. The van der Waals surface area contributed by atoms with Crippen molar-refractivity contribution < 1.29 is 9.59 Å². The standard InChI is InChI=1S/C26H27N3O2/c1-19(30)27-23-12-5-10-21(17-23)24-13-6-14-25(28-24)22-11-7-15-29(18-22)26(31)16-20-8-3-2-4-9-20/h2-6,8-10,12-14,17,22H,7,11,15-16,18H2,1H3,(H,27,30)/t22-/m0/s1. The SMILES string of the molecule is CC(=O)Nc1cccc(-c2cccc([C@H]3CCCN(C(=O)Cc4ccccc4)C3)n2)c1. The zero-order chi connectivity index (χ0) is 21.6. The summed E-state index contributed by atoms with van der Waals surface area (Å²) in [5, 5.41) is 2.82. The molecule has 0 saturated carbocycles. The molecule has 5 heteroatoms. The van der Waals surface area contributed by atoms with E-state index < -0.39 is 0 Å². The van der Waals surface area contributed by atoms with Crippen LogP contribution in [0.5, 0.6) is 0 Å². The van der Waals surface area contributed by atoms with Crippen molar-refractivity contribution in [1.82, 2.24) is 9.88 Å². The van der Waals surface area contributed by atoms with Crippen LogP contribution in [-0.2, 0) is 16.0 Å². The van der Waals surface area contributed by atoms with Crippen LogP contribution in [0.1, 0.15) is 36.9 Å². The Kier molecular flexibility index (Phi) is 6.41. The molecule has 1 atom stereocenters. The van der Waals surface area contributed by atoms with E-state index in [0.717, 1.165) is 47.6 Å². The molecule has 1 N–H and O–H groups in total. The zero-order valence-electron chi connectivity index (χ0n) is 17.8. The summed E-state index contributed by atoms with van der Waals surface area (Å²) in [5.74, 6) is 0.309. The summed E-state index contributed by atoms with van der Waals surface area (Å²) < 4.78 is 0. The number of piperidine rings is 1. The maximum Gasteiger partial charge on any atom is 0.227 e. The van der Waals surface area contributed by atoms with E-state index in [2.05, 4.69) is 11.4 Å². The fourth-order valence-corrected chi connectivity index (χ4v) is 4.13. The van der Waals surface area contributed by atoms with Crippen LogP contribution in [0.25, 0.3) is 11.3 Å². The van der Waals surface area contributed by atoms with Crippen molar-refractivity contribution in [2.75, 3.05) is 18.4 Å². The van der Waals surface area contributed by atoms with Gasteiger partial charge in [-0.1, -0.05) is 48.5 Å². The first kappa shape index (κ1) is 20.8. The second-order valence-electron chi connectivity index (χ2n) is 8.05. The summed E-state index contributed by atoms with van der Waals surface area (Å²) in [4.78, 5) is 31.1. The number of anilines is 1. The molecule has 4 rings (SSSR count). The molecular weight excluding hydrogens is 386 g/mol. The fourth-order valence-electron chi connectivity index (χ4n) is 4.13. The summed E-state index contributed by atoms with van der Waals surface area (Å²) in [7, 11) is 0. The largest absolute Gasteiger partial charge is 0.342 e. The molecule has 1 saturated heterocycles. The highest BCUT2D eigenvalue weighted by Gasteiger charge is 2.25.